The predicted molar refractivity (Wildman–Crippen MR) is 108 cm³/mol. The maximum Gasteiger partial charge on any atom is 0.126 e. The summed E-state index contributed by atoms with van der Waals surface area (Å²) in [6.45, 7) is 2.65. The highest BCUT2D eigenvalue weighted by atomic mass is 35.5. The van der Waals surface area contributed by atoms with Gasteiger partial charge in [0.15, 0.2) is 0 Å². The van der Waals surface area contributed by atoms with Crippen molar-refractivity contribution >= 4 is 11.6 Å². The van der Waals surface area contributed by atoms with E-state index in [1.807, 2.05) is 17.7 Å². The van der Waals surface area contributed by atoms with E-state index in [4.69, 9.17) is 16.3 Å². The van der Waals surface area contributed by atoms with Crippen LogP contribution in [0.5, 0.6) is 5.75 Å². The van der Waals surface area contributed by atoms with Crippen LogP contribution in [-0.2, 0) is 18.6 Å². The molecule has 0 amide bonds. The molecular formula is C22H24ClFN2O2. The van der Waals surface area contributed by atoms with Gasteiger partial charge in [0.05, 0.1) is 19.5 Å². The van der Waals surface area contributed by atoms with Gasteiger partial charge in [-0.05, 0) is 36.2 Å². The fourth-order valence-electron chi connectivity index (χ4n) is 3.36. The Labute approximate surface area is 169 Å². The van der Waals surface area contributed by atoms with Crippen LogP contribution in [0.25, 0.3) is 0 Å². The Morgan fingerprint density at radius 2 is 2.07 bits per heavy atom. The van der Waals surface area contributed by atoms with Crippen molar-refractivity contribution in [2.24, 2.45) is 0 Å². The van der Waals surface area contributed by atoms with Crippen LogP contribution in [0.2, 0.25) is 5.02 Å². The maximum absolute atomic E-state index is 13.8. The number of aromatic nitrogens is 2. The van der Waals surface area contributed by atoms with E-state index in [9.17, 15) is 9.50 Å². The molecule has 0 saturated heterocycles. The van der Waals surface area contributed by atoms with Crippen LogP contribution < -0.4 is 4.74 Å². The molecule has 6 heteroatoms. The number of halogens is 2. The quantitative estimate of drug-likeness (QED) is 0.548. The van der Waals surface area contributed by atoms with Gasteiger partial charge in [-0.1, -0.05) is 43.1 Å². The summed E-state index contributed by atoms with van der Waals surface area (Å²) in [5.41, 5.74) is 0.0672. The molecule has 4 nitrogen and oxygen atoms in total. The van der Waals surface area contributed by atoms with Gasteiger partial charge >= 0.3 is 0 Å². The molecule has 148 valence electrons. The third kappa shape index (κ3) is 4.91. The van der Waals surface area contributed by atoms with E-state index < -0.39 is 5.60 Å². The molecule has 1 unspecified atom stereocenters. The molecule has 1 aromatic heterocycles. The van der Waals surface area contributed by atoms with Gasteiger partial charge in [-0.3, -0.25) is 0 Å². The van der Waals surface area contributed by atoms with Crippen molar-refractivity contribution in [2.75, 3.05) is 6.61 Å². The van der Waals surface area contributed by atoms with Gasteiger partial charge in [0, 0.05) is 29.4 Å². The predicted octanol–water partition coefficient (Wildman–Crippen LogP) is 4.99. The maximum atomic E-state index is 13.8. The van der Waals surface area contributed by atoms with Crippen molar-refractivity contribution in [3.05, 3.63) is 83.2 Å². The summed E-state index contributed by atoms with van der Waals surface area (Å²) in [5.74, 6) is 0.307. The summed E-state index contributed by atoms with van der Waals surface area (Å²) < 4.78 is 21.6. The summed E-state index contributed by atoms with van der Waals surface area (Å²) >= 11 is 6.22. The zero-order valence-corrected chi connectivity index (χ0v) is 16.6. The van der Waals surface area contributed by atoms with Crippen molar-refractivity contribution in [2.45, 2.75) is 38.3 Å². The molecule has 28 heavy (non-hydrogen) atoms. The first-order valence-corrected chi connectivity index (χ1v) is 9.74. The van der Waals surface area contributed by atoms with Crippen LogP contribution in [0.3, 0.4) is 0 Å². The fourth-order valence-corrected chi connectivity index (χ4v) is 3.53. The Bertz CT molecular complexity index is 901. The van der Waals surface area contributed by atoms with Gasteiger partial charge in [0.1, 0.15) is 17.2 Å². The molecule has 2 aromatic carbocycles. The Morgan fingerprint density at radius 3 is 2.79 bits per heavy atom. The van der Waals surface area contributed by atoms with Gasteiger partial charge in [-0.2, -0.15) is 0 Å². The molecule has 3 rings (SSSR count). The lowest BCUT2D eigenvalue weighted by Gasteiger charge is -2.30. The highest BCUT2D eigenvalue weighted by molar-refractivity contribution is 6.30. The second-order valence-electron chi connectivity index (χ2n) is 6.85. The Kier molecular flexibility index (Phi) is 6.70. The third-order valence-electron chi connectivity index (χ3n) is 4.70. The number of ether oxygens (including phenoxy) is 1. The molecule has 0 radical (unpaired) electrons. The molecule has 1 N–H and O–H groups in total. The largest absolute Gasteiger partial charge is 0.493 e. The molecule has 1 atom stereocenters. The minimum absolute atomic E-state index is 0.245. The topological polar surface area (TPSA) is 47.3 Å². The second-order valence-corrected chi connectivity index (χ2v) is 7.28. The molecule has 0 bridgehead atoms. The molecule has 0 fully saturated rings. The molecule has 0 aliphatic carbocycles. The van der Waals surface area contributed by atoms with Crippen LogP contribution >= 0.6 is 11.6 Å². The molecule has 1 heterocycles. The Balaban J connectivity index is 1.83. The van der Waals surface area contributed by atoms with E-state index >= 15 is 0 Å². The summed E-state index contributed by atoms with van der Waals surface area (Å²) in [5, 5.41) is 12.0. The minimum atomic E-state index is -1.16. The monoisotopic (exact) mass is 402 g/mol. The van der Waals surface area contributed by atoms with Crippen LogP contribution in [0.15, 0.2) is 61.2 Å². The summed E-state index contributed by atoms with van der Waals surface area (Å²) in [6.07, 6.45) is 6.91. The first-order chi connectivity index (χ1) is 13.5. The first kappa shape index (κ1) is 20.4. The Morgan fingerprint density at radius 1 is 1.25 bits per heavy atom. The van der Waals surface area contributed by atoms with Crippen LogP contribution in [-0.4, -0.2) is 21.3 Å². The number of hydrogen-bond donors (Lipinski definition) is 1. The lowest BCUT2D eigenvalue weighted by Crippen LogP contribution is -2.31. The van der Waals surface area contributed by atoms with E-state index in [-0.39, 0.29) is 5.82 Å². The highest BCUT2D eigenvalue weighted by Gasteiger charge is 2.32. The number of rotatable bonds is 9. The number of benzene rings is 2. The fraction of sp³-hybridized carbons (Fsp3) is 0.318. The first-order valence-electron chi connectivity index (χ1n) is 9.36. The van der Waals surface area contributed by atoms with Crippen molar-refractivity contribution < 1.29 is 14.2 Å². The third-order valence-corrected chi connectivity index (χ3v) is 4.93. The van der Waals surface area contributed by atoms with E-state index in [1.54, 1.807) is 48.9 Å². The Hall–Kier alpha value is -2.37. The molecule has 3 aromatic rings. The smallest absolute Gasteiger partial charge is 0.126 e. The number of imidazole rings is 1. The minimum Gasteiger partial charge on any atom is -0.493 e. The SMILES string of the molecule is CCCC(O)(Cn1ccnc1)c1cc(Cl)ccc1OCCc1ccccc1F. The summed E-state index contributed by atoms with van der Waals surface area (Å²) in [4.78, 5) is 4.05. The number of nitrogens with zero attached hydrogens (tertiary/aromatic N) is 2. The zero-order chi connectivity index (χ0) is 20.0. The molecular weight excluding hydrogens is 379 g/mol. The van der Waals surface area contributed by atoms with Gasteiger partial charge in [0.2, 0.25) is 0 Å². The average molecular weight is 403 g/mol. The average Bonchev–Trinajstić information content (AvgIpc) is 3.17. The van der Waals surface area contributed by atoms with E-state index in [0.717, 1.165) is 6.42 Å². The molecule has 0 aliphatic heterocycles. The van der Waals surface area contributed by atoms with Gasteiger partial charge in [0.25, 0.3) is 0 Å². The zero-order valence-electron chi connectivity index (χ0n) is 15.8. The standard InChI is InChI=1S/C22H24ClFN2O2/c1-2-10-22(27,15-26-12-11-25-16-26)19-14-18(23)7-8-21(19)28-13-9-17-5-3-4-6-20(17)24/h3-8,11-12,14,16,27H,2,9-10,13,15H2,1H3. The normalized spacial score (nSPS) is 13.3. The van der Waals surface area contributed by atoms with Crippen molar-refractivity contribution in [3.8, 4) is 5.75 Å². The van der Waals surface area contributed by atoms with E-state index in [0.29, 0.717) is 47.9 Å². The van der Waals surface area contributed by atoms with Crippen LogP contribution in [0.4, 0.5) is 4.39 Å². The summed E-state index contributed by atoms with van der Waals surface area (Å²) in [6, 6.07) is 11.9. The lowest BCUT2D eigenvalue weighted by molar-refractivity contribution is 0.00630. The molecule has 0 saturated carbocycles. The van der Waals surface area contributed by atoms with E-state index in [1.165, 1.54) is 6.07 Å². The highest BCUT2D eigenvalue weighted by Crippen LogP contribution is 2.37. The number of aliphatic hydroxyl groups is 1. The number of hydrogen-bond acceptors (Lipinski definition) is 3. The van der Waals surface area contributed by atoms with Gasteiger partial charge in [-0.25, -0.2) is 9.37 Å². The van der Waals surface area contributed by atoms with E-state index in [2.05, 4.69) is 4.98 Å². The van der Waals surface area contributed by atoms with Gasteiger partial charge < -0.3 is 14.4 Å². The van der Waals surface area contributed by atoms with Crippen LogP contribution in [0.1, 0.15) is 30.9 Å². The van der Waals surface area contributed by atoms with Crippen molar-refractivity contribution in [1.29, 1.82) is 0 Å². The van der Waals surface area contributed by atoms with Crippen molar-refractivity contribution in [3.63, 3.8) is 0 Å². The molecule has 0 spiro atoms. The lowest BCUT2D eigenvalue weighted by atomic mass is 9.88. The second kappa shape index (κ2) is 9.22. The van der Waals surface area contributed by atoms with Crippen molar-refractivity contribution in [1.82, 2.24) is 9.55 Å². The van der Waals surface area contributed by atoms with Gasteiger partial charge in [-0.15, -0.1) is 0 Å². The summed E-state index contributed by atoms with van der Waals surface area (Å²) in [7, 11) is 0. The molecule has 0 aliphatic rings. The van der Waals surface area contributed by atoms with Crippen LogP contribution in [0, 0.1) is 5.82 Å².